The number of aliphatic hydroxyl groups excluding tert-OH is 1. The van der Waals surface area contributed by atoms with E-state index in [9.17, 15) is 19.5 Å². The smallest absolute Gasteiger partial charge is 0.310 e. The fourth-order valence-corrected chi connectivity index (χ4v) is 9.48. The summed E-state index contributed by atoms with van der Waals surface area (Å²) in [4.78, 5) is 47.9. The number of hydrogen-bond acceptors (Lipinski definition) is 7. The molecule has 0 saturated carbocycles. The minimum atomic E-state index is -0.725. The Morgan fingerprint density at radius 2 is 1.83 bits per heavy atom. The normalized spacial score (nSPS) is 28.0. The van der Waals surface area contributed by atoms with Crippen LogP contribution in [0.4, 0.5) is 11.4 Å². The maximum Gasteiger partial charge on any atom is 0.310 e. The first-order valence-electron chi connectivity index (χ1n) is 14.9. The molecule has 0 aromatic heterocycles. The summed E-state index contributed by atoms with van der Waals surface area (Å²) < 4.78 is 4.88. The van der Waals surface area contributed by atoms with Gasteiger partial charge in [-0.05, 0) is 69.7 Å². The second kappa shape index (κ2) is 13.5. The summed E-state index contributed by atoms with van der Waals surface area (Å²) in [5.41, 5.74) is 1.83. The van der Waals surface area contributed by atoms with Gasteiger partial charge in [-0.1, -0.05) is 19.1 Å². The lowest BCUT2D eigenvalue weighted by molar-refractivity contribution is -0.154. The molecule has 9 heteroatoms. The van der Waals surface area contributed by atoms with Crippen molar-refractivity contribution < 1.29 is 24.2 Å². The molecule has 1 aromatic rings. The molecule has 1 N–H and O–H groups in total. The van der Waals surface area contributed by atoms with Gasteiger partial charge in [0, 0.05) is 49.4 Å². The Morgan fingerprint density at radius 1 is 1.15 bits per heavy atom. The van der Waals surface area contributed by atoms with E-state index in [2.05, 4.69) is 38.8 Å². The number of thioether (sulfide) groups is 1. The highest BCUT2D eigenvalue weighted by Gasteiger charge is 2.76. The number of amides is 2. The molecule has 6 atom stereocenters. The fourth-order valence-electron chi connectivity index (χ4n) is 7.07. The van der Waals surface area contributed by atoms with Gasteiger partial charge in [-0.25, -0.2) is 0 Å². The first-order valence-corrected chi connectivity index (χ1v) is 15.8. The van der Waals surface area contributed by atoms with Crippen LogP contribution in [0.3, 0.4) is 0 Å². The second-order valence-corrected chi connectivity index (χ2v) is 12.7. The Balaban J connectivity index is 1.72. The Bertz CT molecular complexity index is 1120. The molecule has 3 heterocycles. The van der Waals surface area contributed by atoms with E-state index in [0.29, 0.717) is 32.4 Å². The molecule has 3 aliphatic heterocycles. The molecule has 1 aromatic carbocycles. The highest BCUT2D eigenvalue weighted by atomic mass is 32.2. The van der Waals surface area contributed by atoms with E-state index in [0.717, 1.165) is 30.9 Å². The summed E-state index contributed by atoms with van der Waals surface area (Å²) in [5.74, 6) is -1.78. The molecule has 1 spiro atoms. The van der Waals surface area contributed by atoms with E-state index in [1.807, 2.05) is 24.3 Å². The maximum absolute atomic E-state index is 14.7. The standard InChI is InChI=1S/C32H45N3O5S/c1-6-10-20-40-31(39)26-25-21-22(5)32(41-25)27(26)29(37)35(18-11-12-19-36)28(32)30(38)34(17-7-2)24-15-13-23(14-16-24)33(8-3)9-4/h6-7,13-16,22,25-28,36H,1-2,8-12,17-21H2,3-5H3/t22?,25-,26+,27-,28?,32?/m0/s1. The SMILES string of the molecule is C=CCCOC(=O)[C@@H]1[C@@H]2CC(C)C3(S2)C(C(=O)N(CC=C)c2ccc(N(CC)CC)cc2)N(CCCCO)C(=O)[C@H]13. The van der Waals surface area contributed by atoms with Gasteiger partial charge in [0.15, 0.2) is 0 Å². The summed E-state index contributed by atoms with van der Waals surface area (Å²) >= 11 is 1.65. The molecule has 4 rings (SSSR count). The van der Waals surface area contributed by atoms with Gasteiger partial charge in [0.25, 0.3) is 5.91 Å². The lowest BCUT2D eigenvalue weighted by Crippen LogP contribution is -2.57. The Morgan fingerprint density at radius 3 is 2.44 bits per heavy atom. The van der Waals surface area contributed by atoms with E-state index >= 15 is 0 Å². The van der Waals surface area contributed by atoms with E-state index < -0.39 is 22.6 Å². The van der Waals surface area contributed by atoms with Gasteiger partial charge < -0.3 is 24.5 Å². The van der Waals surface area contributed by atoms with E-state index in [-0.39, 0.29) is 42.2 Å². The molecule has 3 unspecified atom stereocenters. The quantitative estimate of drug-likeness (QED) is 0.187. The molecule has 3 saturated heterocycles. The number of ether oxygens (including phenoxy) is 1. The molecule has 2 bridgehead atoms. The van der Waals surface area contributed by atoms with Gasteiger partial charge in [0.2, 0.25) is 5.91 Å². The van der Waals surface area contributed by atoms with Crippen molar-refractivity contribution in [3.63, 3.8) is 0 Å². The molecular weight excluding hydrogens is 538 g/mol. The summed E-state index contributed by atoms with van der Waals surface area (Å²) in [6.45, 7) is 16.6. The summed E-state index contributed by atoms with van der Waals surface area (Å²) in [5, 5.41) is 9.38. The number of rotatable bonds is 15. The van der Waals surface area contributed by atoms with Crippen molar-refractivity contribution in [3.05, 3.63) is 49.6 Å². The summed E-state index contributed by atoms with van der Waals surface area (Å²) in [6, 6.07) is 7.25. The minimum absolute atomic E-state index is 0.0160. The van der Waals surface area contributed by atoms with Gasteiger partial charge in [-0.3, -0.25) is 14.4 Å². The number of carbonyl (C=O) groups is 3. The van der Waals surface area contributed by atoms with Gasteiger partial charge in [-0.15, -0.1) is 24.9 Å². The third-order valence-corrected chi connectivity index (χ3v) is 11.1. The minimum Gasteiger partial charge on any atom is -0.465 e. The van der Waals surface area contributed by atoms with Crippen molar-refractivity contribution in [2.75, 3.05) is 49.2 Å². The zero-order valence-electron chi connectivity index (χ0n) is 24.7. The third-order valence-electron chi connectivity index (χ3n) is 8.99. The number of nitrogens with zero attached hydrogens (tertiary/aromatic N) is 3. The zero-order chi connectivity index (χ0) is 29.7. The Kier molecular flexibility index (Phi) is 10.2. The summed E-state index contributed by atoms with van der Waals surface area (Å²) in [7, 11) is 0. The van der Waals surface area contributed by atoms with Gasteiger partial charge >= 0.3 is 5.97 Å². The molecule has 0 aliphatic carbocycles. The van der Waals surface area contributed by atoms with Gasteiger partial charge in [0.05, 0.1) is 23.2 Å². The van der Waals surface area contributed by atoms with Crippen LogP contribution in [0.25, 0.3) is 0 Å². The third kappa shape index (κ3) is 5.55. The van der Waals surface area contributed by atoms with Crippen LogP contribution in [0.5, 0.6) is 0 Å². The number of aliphatic hydroxyl groups is 1. The van der Waals surface area contributed by atoms with Crippen molar-refractivity contribution in [3.8, 4) is 0 Å². The average molecular weight is 584 g/mol. The number of carbonyl (C=O) groups excluding carboxylic acids is 3. The van der Waals surface area contributed by atoms with Crippen LogP contribution in [-0.2, 0) is 19.1 Å². The number of unbranched alkanes of at least 4 members (excludes halogenated alkanes) is 1. The molecule has 3 fully saturated rings. The van der Waals surface area contributed by atoms with Crippen LogP contribution in [0.15, 0.2) is 49.6 Å². The van der Waals surface area contributed by atoms with Crippen LogP contribution in [0.1, 0.15) is 46.5 Å². The molecule has 3 aliphatic rings. The largest absolute Gasteiger partial charge is 0.465 e. The zero-order valence-corrected chi connectivity index (χ0v) is 25.5. The van der Waals surface area contributed by atoms with Crippen LogP contribution < -0.4 is 9.80 Å². The van der Waals surface area contributed by atoms with Crippen molar-refractivity contribution in [2.24, 2.45) is 17.8 Å². The van der Waals surface area contributed by atoms with Crippen molar-refractivity contribution >= 4 is 40.9 Å². The molecular formula is C32H45N3O5S. The van der Waals surface area contributed by atoms with E-state index in [1.54, 1.807) is 33.7 Å². The summed E-state index contributed by atoms with van der Waals surface area (Å²) in [6.07, 6.45) is 5.82. The van der Waals surface area contributed by atoms with Crippen molar-refractivity contribution in [1.29, 1.82) is 0 Å². The predicted octanol–water partition coefficient (Wildman–Crippen LogP) is 4.28. The topological polar surface area (TPSA) is 90.4 Å². The number of benzene rings is 1. The van der Waals surface area contributed by atoms with Crippen LogP contribution in [0, 0.1) is 17.8 Å². The molecule has 0 radical (unpaired) electrons. The van der Waals surface area contributed by atoms with Crippen molar-refractivity contribution in [2.45, 2.75) is 62.5 Å². The van der Waals surface area contributed by atoms with Gasteiger partial charge in [-0.2, -0.15) is 0 Å². The maximum atomic E-state index is 14.7. The van der Waals surface area contributed by atoms with E-state index in [4.69, 9.17) is 4.74 Å². The predicted molar refractivity (Wildman–Crippen MR) is 165 cm³/mol. The number of anilines is 2. The van der Waals surface area contributed by atoms with Crippen LogP contribution in [0.2, 0.25) is 0 Å². The average Bonchev–Trinajstić information content (AvgIpc) is 3.56. The number of esters is 1. The van der Waals surface area contributed by atoms with Gasteiger partial charge in [0.1, 0.15) is 6.04 Å². The van der Waals surface area contributed by atoms with Crippen LogP contribution >= 0.6 is 11.8 Å². The number of likely N-dealkylation sites (tertiary alicyclic amines) is 1. The van der Waals surface area contributed by atoms with Crippen LogP contribution in [-0.4, -0.2) is 83.2 Å². The molecule has 41 heavy (non-hydrogen) atoms. The van der Waals surface area contributed by atoms with E-state index in [1.165, 1.54) is 0 Å². The molecule has 8 nitrogen and oxygen atoms in total. The lowest BCUT2D eigenvalue weighted by atomic mass is 9.66. The second-order valence-electron chi connectivity index (χ2n) is 11.2. The first kappa shape index (κ1) is 31.2. The Hall–Kier alpha value is -2.78. The highest BCUT2D eigenvalue weighted by Crippen LogP contribution is 2.68. The molecule has 224 valence electrons. The highest BCUT2D eigenvalue weighted by molar-refractivity contribution is 8.02. The fraction of sp³-hybridized carbons (Fsp3) is 0.594. The number of fused-ring (bicyclic) bond motifs is 1. The molecule has 2 amide bonds. The Labute approximate surface area is 248 Å². The first-order chi connectivity index (χ1) is 19.8. The monoisotopic (exact) mass is 583 g/mol. The number of hydrogen-bond donors (Lipinski definition) is 1. The van der Waals surface area contributed by atoms with Crippen molar-refractivity contribution in [1.82, 2.24) is 4.90 Å². The lowest BCUT2D eigenvalue weighted by Gasteiger charge is -2.40.